The van der Waals surface area contributed by atoms with Crippen LogP contribution in [0.2, 0.25) is 0 Å². The second-order valence-corrected chi connectivity index (χ2v) is 3.73. The van der Waals surface area contributed by atoms with Gasteiger partial charge in [0.1, 0.15) is 18.0 Å². The fourth-order valence-corrected chi connectivity index (χ4v) is 1.16. The largest absolute Gasteiger partial charge is 0.369 e. The summed E-state index contributed by atoms with van der Waals surface area (Å²) in [5, 5.41) is 6.34. The number of nitrogens with two attached hydrogens (primary N) is 1. The van der Waals surface area contributed by atoms with Gasteiger partial charge in [0.15, 0.2) is 0 Å². The van der Waals surface area contributed by atoms with Crippen molar-refractivity contribution in [2.24, 2.45) is 5.73 Å². The van der Waals surface area contributed by atoms with Crippen LogP contribution < -0.4 is 16.4 Å². The van der Waals surface area contributed by atoms with Crippen molar-refractivity contribution in [1.29, 1.82) is 0 Å². The number of aromatic nitrogens is 2. The molecule has 0 saturated heterocycles. The monoisotopic (exact) mass is 224 g/mol. The Labute approximate surface area is 96.3 Å². The van der Waals surface area contributed by atoms with Gasteiger partial charge in [-0.3, -0.25) is 0 Å². The lowest BCUT2D eigenvalue weighted by molar-refractivity contribution is 0.425. The predicted molar refractivity (Wildman–Crippen MR) is 66.6 cm³/mol. The molecule has 1 rings (SSSR count). The van der Waals surface area contributed by atoms with Crippen LogP contribution in [-0.2, 0) is 0 Å². The van der Waals surface area contributed by atoms with E-state index < -0.39 is 0 Å². The van der Waals surface area contributed by atoms with Gasteiger partial charge >= 0.3 is 0 Å². The maximum Gasteiger partial charge on any atom is 0.131 e. The summed E-state index contributed by atoms with van der Waals surface area (Å²) in [5.41, 5.74) is 5.40. The fourth-order valence-electron chi connectivity index (χ4n) is 1.16. The average molecular weight is 224 g/mol. The van der Waals surface area contributed by atoms with E-state index in [2.05, 4.69) is 25.5 Å². The second kappa shape index (κ2) is 6.97. The zero-order valence-electron chi connectivity index (χ0n) is 9.90. The Morgan fingerprint density at radius 1 is 1.19 bits per heavy atom. The highest BCUT2D eigenvalue weighted by Gasteiger charge is 1.97. The van der Waals surface area contributed by atoms with Gasteiger partial charge in [0, 0.05) is 32.2 Å². The average Bonchev–Trinajstić information content (AvgIpc) is 2.26. The smallest absolute Gasteiger partial charge is 0.131 e. The van der Waals surface area contributed by atoms with Crippen LogP contribution in [0.5, 0.6) is 0 Å². The first kappa shape index (κ1) is 12.7. The minimum Gasteiger partial charge on any atom is -0.369 e. The molecule has 0 aromatic carbocycles. The Morgan fingerprint density at radius 3 is 2.38 bits per heavy atom. The zero-order chi connectivity index (χ0) is 11.8. The lowest BCUT2D eigenvalue weighted by Crippen LogP contribution is -2.21. The highest BCUT2D eigenvalue weighted by molar-refractivity contribution is 5.46. The number of nitrogens with one attached hydrogen (secondary N) is 2. The molecule has 90 valence electrons. The van der Waals surface area contributed by atoms with Gasteiger partial charge in [-0.05, 0) is 14.1 Å². The van der Waals surface area contributed by atoms with Crippen LogP contribution in [0, 0.1) is 0 Å². The van der Waals surface area contributed by atoms with Gasteiger partial charge in [0.25, 0.3) is 0 Å². The lowest BCUT2D eigenvalue weighted by Gasteiger charge is -2.11. The first-order valence-corrected chi connectivity index (χ1v) is 5.37. The maximum absolute atomic E-state index is 5.40. The standard InChI is InChI=1S/C10H20N6/c1-16(2)6-5-13-10-7-9(12-4-3-11)14-8-15-10/h7-8H,3-6,11H2,1-2H3,(H2,12,13,14,15). The van der Waals surface area contributed by atoms with Gasteiger partial charge in [0.2, 0.25) is 0 Å². The van der Waals surface area contributed by atoms with E-state index in [4.69, 9.17) is 5.73 Å². The van der Waals surface area contributed by atoms with E-state index in [0.717, 1.165) is 24.7 Å². The van der Waals surface area contributed by atoms with E-state index in [1.807, 2.05) is 20.2 Å². The van der Waals surface area contributed by atoms with E-state index in [0.29, 0.717) is 13.1 Å². The summed E-state index contributed by atoms with van der Waals surface area (Å²) in [6, 6.07) is 1.88. The van der Waals surface area contributed by atoms with E-state index in [-0.39, 0.29) is 0 Å². The van der Waals surface area contributed by atoms with Gasteiger partial charge in [-0.1, -0.05) is 0 Å². The van der Waals surface area contributed by atoms with Crippen LogP contribution in [0.25, 0.3) is 0 Å². The third-order valence-electron chi connectivity index (χ3n) is 1.98. The number of anilines is 2. The summed E-state index contributed by atoms with van der Waals surface area (Å²) in [7, 11) is 4.08. The Morgan fingerprint density at radius 2 is 1.81 bits per heavy atom. The van der Waals surface area contributed by atoms with Crippen molar-refractivity contribution in [2.45, 2.75) is 0 Å². The van der Waals surface area contributed by atoms with Crippen LogP contribution in [0.1, 0.15) is 0 Å². The van der Waals surface area contributed by atoms with Crippen molar-refractivity contribution < 1.29 is 0 Å². The minimum absolute atomic E-state index is 0.591. The molecule has 0 saturated carbocycles. The van der Waals surface area contributed by atoms with Crippen LogP contribution in [0.3, 0.4) is 0 Å². The minimum atomic E-state index is 0.591. The van der Waals surface area contributed by atoms with Gasteiger partial charge in [0.05, 0.1) is 0 Å². The summed E-state index contributed by atoms with van der Waals surface area (Å²) >= 11 is 0. The summed E-state index contributed by atoms with van der Waals surface area (Å²) in [6.45, 7) is 3.14. The lowest BCUT2D eigenvalue weighted by atomic mass is 10.5. The molecule has 4 N–H and O–H groups in total. The predicted octanol–water partition coefficient (Wildman–Crippen LogP) is -0.179. The Bertz CT molecular complexity index is 301. The first-order valence-electron chi connectivity index (χ1n) is 5.37. The van der Waals surface area contributed by atoms with Crippen molar-refractivity contribution in [3.05, 3.63) is 12.4 Å². The SMILES string of the molecule is CN(C)CCNc1cc(NCCN)ncn1. The summed E-state index contributed by atoms with van der Waals surface area (Å²) in [5.74, 6) is 1.63. The topological polar surface area (TPSA) is 79.1 Å². The summed E-state index contributed by atoms with van der Waals surface area (Å²) in [6.07, 6.45) is 1.54. The van der Waals surface area contributed by atoms with Crippen molar-refractivity contribution in [3.8, 4) is 0 Å². The molecule has 0 spiro atoms. The Kier molecular flexibility index (Phi) is 5.52. The molecule has 1 aromatic heterocycles. The Hall–Kier alpha value is -1.40. The molecule has 6 nitrogen and oxygen atoms in total. The van der Waals surface area contributed by atoms with Crippen molar-refractivity contribution in [3.63, 3.8) is 0 Å². The summed E-state index contributed by atoms with van der Waals surface area (Å²) in [4.78, 5) is 10.3. The highest BCUT2D eigenvalue weighted by Crippen LogP contribution is 2.07. The molecule has 0 bridgehead atoms. The molecule has 16 heavy (non-hydrogen) atoms. The van der Waals surface area contributed by atoms with Crippen LogP contribution in [0.4, 0.5) is 11.6 Å². The first-order chi connectivity index (χ1) is 7.72. The Balaban J connectivity index is 2.40. The van der Waals surface area contributed by atoms with Crippen molar-refractivity contribution >= 4 is 11.6 Å². The quantitative estimate of drug-likeness (QED) is 0.596. The van der Waals surface area contributed by atoms with E-state index >= 15 is 0 Å². The number of hydrogen-bond acceptors (Lipinski definition) is 6. The molecular weight excluding hydrogens is 204 g/mol. The van der Waals surface area contributed by atoms with E-state index in [1.54, 1.807) is 0 Å². The third kappa shape index (κ3) is 4.90. The number of hydrogen-bond donors (Lipinski definition) is 3. The molecule has 0 amide bonds. The molecule has 0 aliphatic rings. The molecule has 0 aliphatic carbocycles. The summed E-state index contributed by atoms with van der Waals surface area (Å²) < 4.78 is 0. The molecule has 1 heterocycles. The molecular formula is C10H20N6. The number of likely N-dealkylation sites (N-methyl/N-ethyl adjacent to an activating group) is 1. The van der Waals surface area contributed by atoms with E-state index in [9.17, 15) is 0 Å². The highest BCUT2D eigenvalue weighted by atomic mass is 15.1. The molecule has 0 radical (unpaired) electrons. The van der Waals surface area contributed by atoms with Gasteiger partial charge in [-0.15, -0.1) is 0 Å². The van der Waals surface area contributed by atoms with Crippen LogP contribution in [0.15, 0.2) is 12.4 Å². The molecule has 0 fully saturated rings. The van der Waals surface area contributed by atoms with Crippen molar-refractivity contribution in [1.82, 2.24) is 14.9 Å². The van der Waals surface area contributed by atoms with Crippen LogP contribution >= 0.6 is 0 Å². The molecule has 1 aromatic rings. The molecule has 6 heteroatoms. The number of nitrogens with zero attached hydrogens (tertiary/aromatic N) is 3. The van der Waals surface area contributed by atoms with Crippen molar-refractivity contribution in [2.75, 3.05) is 50.9 Å². The zero-order valence-corrected chi connectivity index (χ0v) is 9.90. The normalized spacial score (nSPS) is 10.5. The van der Waals surface area contributed by atoms with E-state index in [1.165, 1.54) is 6.33 Å². The van der Waals surface area contributed by atoms with Gasteiger partial charge < -0.3 is 21.3 Å². The fraction of sp³-hybridized carbons (Fsp3) is 0.600. The van der Waals surface area contributed by atoms with Gasteiger partial charge in [-0.2, -0.15) is 0 Å². The van der Waals surface area contributed by atoms with Gasteiger partial charge in [-0.25, -0.2) is 9.97 Å². The third-order valence-corrected chi connectivity index (χ3v) is 1.98. The van der Waals surface area contributed by atoms with Crippen LogP contribution in [-0.4, -0.2) is 55.1 Å². The molecule has 0 aliphatic heterocycles. The second-order valence-electron chi connectivity index (χ2n) is 3.73. The number of rotatable bonds is 7. The maximum atomic E-state index is 5.40. The molecule has 0 atom stereocenters. The molecule has 0 unspecified atom stereocenters.